The summed E-state index contributed by atoms with van der Waals surface area (Å²) in [6.07, 6.45) is -3.10. The van der Waals surface area contributed by atoms with Crippen molar-refractivity contribution in [3.63, 3.8) is 0 Å². The molecule has 2 atom stereocenters. The highest BCUT2D eigenvalue weighted by atomic mass is 35.5. The smallest absolute Gasteiger partial charge is 0.342 e. The quantitative estimate of drug-likeness (QED) is 0.334. The highest BCUT2D eigenvalue weighted by Crippen LogP contribution is 2.28. The lowest BCUT2D eigenvalue weighted by Gasteiger charge is -2.23. The molecule has 0 unspecified atom stereocenters. The lowest BCUT2D eigenvalue weighted by atomic mass is 9.84. The molecule has 0 saturated carbocycles. The molecule has 4 nitrogen and oxygen atoms in total. The fourth-order valence-corrected chi connectivity index (χ4v) is 3.74. The SMILES string of the molecule is CC(C)[C@H](CC(=O)[C@H](Cc1ccc(Cl)cc1)NC(=O)/C=C/c1ccc(Cl)c(Cl)c1)C(=O)C(F)(F)F. The van der Waals surface area contributed by atoms with Gasteiger partial charge in [0, 0.05) is 23.4 Å². The Labute approximate surface area is 216 Å². The fourth-order valence-electron chi connectivity index (χ4n) is 3.31. The number of alkyl halides is 3. The van der Waals surface area contributed by atoms with Crippen LogP contribution in [0, 0.1) is 11.8 Å². The van der Waals surface area contributed by atoms with Gasteiger partial charge in [-0.2, -0.15) is 13.2 Å². The number of benzene rings is 2. The van der Waals surface area contributed by atoms with Gasteiger partial charge in [0.2, 0.25) is 11.7 Å². The lowest BCUT2D eigenvalue weighted by molar-refractivity contribution is -0.177. The Morgan fingerprint density at radius 2 is 1.60 bits per heavy atom. The van der Waals surface area contributed by atoms with E-state index in [0.29, 0.717) is 26.2 Å². The third-order valence-electron chi connectivity index (χ3n) is 5.27. The molecule has 35 heavy (non-hydrogen) atoms. The molecule has 2 aromatic rings. The summed E-state index contributed by atoms with van der Waals surface area (Å²) in [5, 5.41) is 3.63. The Morgan fingerprint density at radius 1 is 0.971 bits per heavy atom. The first-order chi connectivity index (χ1) is 16.3. The number of halogens is 6. The van der Waals surface area contributed by atoms with Crippen molar-refractivity contribution in [2.75, 3.05) is 0 Å². The van der Waals surface area contributed by atoms with Crippen LogP contribution in [0.15, 0.2) is 48.5 Å². The largest absolute Gasteiger partial charge is 0.450 e. The highest BCUT2D eigenvalue weighted by Gasteiger charge is 2.45. The molecule has 10 heteroatoms. The molecule has 2 aromatic carbocycles. The molecule has 0 aliphatic heterocycles. The monoisotopic (exact) mass is 547 g/mol. The second kappa shape index (κ2) is 12.6. The normalized spacial score (nSPS) is 13.6. The maximum absolute atomic E-state index is 13.1. The number of carbonyl (C=O) groups is 3. The van der Waals surface area contributed by atoms with Gasteiger partial charge in [0.15, 0.2) is 5.78 Å². The van der Waals surface area contributed by atoms with Crippen LogP contribution < -0.4 is 5.32 Å². The Kier molecular flexibility index (Phi) is 10.4. The van der Waals surface area contributed by atoms with Crippen molar-refractivity contribution in [2.45, 2.75) is 38.9 Å². The number of carbonyl (C=O) groups excluding carboxylic acids is 3. The Balaban J connectivity index is 2.24. The topological polar surface area (TPSA) is 63.2 Å². The molecule has 0 aliphatic rings. The van der Waals surface area contributed by atoms with E-state index in [2.05, 4.69) is 5.32 Å². The molecule has 1 amide bonds. The molecule has 0 aromatic heterocycles. The van der Waals surface area contributed by atoms with Crippen molar-refractivity contribution in [1.29, 1.82) is 0 Å². The maximum atomic E-state index is 13.1. The van der Waals surface area contributed by atoms with Gasteiger partial charge in [-0.15, -0.1) is 0 Å². The van der Waals surface area contributed by atoms with Crippen LogP contribution in [0.5, 0.6) is 0 Å². The van der Waals surface area contributed by atoms with Crippen molar-refractivity contribution in [1.82, 2.24) is 5.32 Å². The molecule has 2 rings (SSSR count). The van der Waals surface area contributed by atoms with Crippen LogP contribution in [0.25, 0.3) is 6.08 Å². The van der Waals surface area contributed by atoms with Gasteiger partial charge in [0.1, 0.15) is 0 Å². The maximum Gasteiger partial charge on any atom is 0.450 e. The van der Waals surface area contributed by atoms with Crippen LogP contribution in [0.3, 0.4) is 0 Å². The van der Waals surface area contributed by atoms with Crippen LogP contribution in [0.4, 0.5) is 13.2 Å². The van der Waals surface area contributed by atoms with E-state index >= 15 is 0 Å². The van der Waals surface area contributed by atoms with Crippen LogP contribution in [0.1, 0.15) is 31.4 Å². The van der Waals surface area contributed by atoms with Crippen LogP contribution in [-0.2, 0) is 20.8 Å². The molecule has 0 fully saturated rings. The zero-order valence-electron chi connectivity index (χ0n) is 18.8. The Hall–Kier alpha value is -2.35. The van der Waals surface area contributed by atoms with Crippen molar-refractivity contribution in [3.05, 3.63) is 74.7 Å². The van der Waals surface area contributed by atoms with Crippen molar-refractivity contribution in [3.8, 4) is 0 Å². The summed E-state index contributed by atoms with van der Waals surface area (Å²) in [6.45, 7) is 2.88. The minimum absolute atomic E-state index is 0.00732. The summed E-state index contributed by atoms with van der Waals surface area (Å²) < 4.78 is 39.2. The predicted molar refractivity (Wildman–Crippen MR) is 132 cm³/mol. The van der Waals surface area contributed by atoms with Gasteiger partial charge in [-0.3, -0.25) is 14.4 Å². The number of rotatable bonds is 10. The van der Waals surface area contributed by atoms with Crippen LogP contribution in [-0.4, -0.2) is 29.7 Å². The molecule has 0 radical (unpaired) electrons. The summed E-state index contributed by atoms with van der Waals surface area (Å²) in [6, 6.07) is 10.0. The van der Waals surface area contributed by atoms with Gasteiger partial charge in [-0.1, -0.05) is 66.8 Å². The summed E-state index contributed by atoms with van der Waals surface area (Å²) in [5.41, 5.74) is 1.20. The molecule has 188 valence electrons. The van der Waals surface area contributed by atoms with Crippen molar-refractivity contribution in [2.24, 2.45) is 11.8 Å². The van der Waals surface area contributed by atoms with E-state index in [-0.39, 0.29) is 6.42 Å². The number of Topliss-reactive ketones (excluding diaryl/α,β-unsaturated/α-hetero) is 2. The van der Waals surface area contributed by atoms with Gasteiger partial charge < -0.3 is 5.32 Å². The average Bonchev–Trinajstić information content (AvgIpc) is 2.77. The second-order valence-corrected chi connectivity index (χ2v) is 9.53. The first-order valence-electron chi connectivity index (χ1n) is 10.6. The predicted octanol–water partition coefficient (Wildman–Crippen LogP) is 6.75. The van der Waals surface area contributed by atoms with E-state index in [4.69, 9.17) is 34.8 Å². The first kappa shape index (κ1) is 28.9. The zero-order valence-corrected chi connectivity index (χ0v) is 21.1. The van der Waals surface area contributed by atoms with E-state index in [1.54, 1.807) is 42.5 Å². The minimum atomic E-state index is -5.06. The molecule has 0 saturated heterocycles. The van der Waals surface area contributed by atoms with Crippen molar-refractivity contribution >= 4 is 58.4 Å². The lowest BCUT2D eigenvalue weighted by Crippen LogP contribution is -2.44. The molecular weight excluding hydrogens is 526 g/mol. The van der Waals surface area contributed by atoms with Gasteiger partial charge in [0.05, 0.1) is 16.1 Å². The van der Waals surface area contributed by atoms with Gasteiger partial charge in [0.25, 0.3) is 0 Å². The first-order valence-corrected chi connectivity index (χ1v) is 11.7. The molecule has 1 N–H and O–H groups in total. The molecule has 0 bridgehead atoms. The summed E-state index contributed by atoms with van der Waals surface area (Å²) in [7, 11) is 0. The van der Waals surface area contributed by atoms with E-state index in [9.17, 15) is 27.6 Å². The zero-order chi connectivity index (χ0) is 26.3. The fraction of sp³-hybridized carbons (Fsp3) is 0.320. The third kappa shape index (κ3) is 8.98. The van der Waals surface area contributed by atoms with E-state index in [1.165, 1.54) is 26.0 Å². The Morgan fingerprint density at radius 3 is 2.14 bits per heavy atom. The summed E-state index contributed by atoms with van der Waals surface area (Å²) in [4.78, 5) is 37.5. The molecule has 0 spiro atoms. The third-order valence-corrected chi connectivity index (χ3v) is 6.26. The number of nitrogens with one attached hydrogen (secondary N) is 1. The number of hydrogen-bond donors (Lipinski definition) is 1. The van der Waals surface area contributed by atoms with Crippen LogP contribution in [0.2, 0.25) is 15.1 Å². The molecular formula is C25H23Cl3F3NO3. The summed E-state index contributed by atoms with van der Waals surface area (Å²) in [5.74, 6) is -5.58. The number of ketones is 2. The van der Waals surface area contributed by atoms with E-state index in [1.807, 2.05) is 0 Å². The van der Waals surface area contributed by atoms with Crippen LogP contribution >= 0.6 is 34.8 Å². The summed E-state index contributed by atoms with van der Waals surface area (Å²) >= 11 is 17.7. The van der Waals surface area contributed by atoms with E-state index in [0.717, 1.165) is 0 Å². The van der Waals surface area contributed by atoms with Crippen molar-refractivity contribution < 1.29 is 27.6 Å². The van der Waals surface area contributed by atoms with Gasteiger partial charge in [-0.25, -0.2) is 0 Å². The molecule has 0 aliphatic carbocycles. The van der Waals surface area contributed by atoms with Gasteiger partial charge in [-0.05, 0) is 53.8 Å². The standard InChI is InChI=1S/C25H23Cl3F3NO3/c1-14(2)18(24(35)25(29,30)31)13-22(33)21(12-16-3-7-17(26)8-4-16)32-23(34)10-6-15-5-9-19(27)20(28)11-15/h3-11,14,18,21H,12-13H2,1-2H3,(H,32,34)/b10-6+/t18-,21-/m0/s1. The molecule has 0 heterocycles. The highest BCUT2D eigenvalue weighted by molar-refractivity contribution is 6.42. The van der Waals surface area contributed by atoms with E-state index < -0.39 is 47.9 Å². The minimum Gasteiger partial charge on any atom is -0.342 e. The average molecular weight is 549 g/mol. The number of hydrogen-bond acceptors (Lipinski definition) is 3. The number of amides is 1. The van der Waals surface area contributed by atoms with Gasteiger partial charge >= 0.3 is 6.18 Å². The Bertz CT molecular complexity index is 1100. The second-order valence-electron chi connectivity index (χ2n) is 8.28.